The van der Waals surface area contributed by atoms with Gasteiger partial charge in [0.25, 0.3) is 0 Å². The average Bonchev–Trinajstić information content (AvgIpc) is 0.739. The zero-order chi connectivity index (χ0) is 62.0. The largest absolute Gasteiger partial charge is 0.356 e. The van der Waals surface area contributed by atoms with Gasteiger partial charge in [-0.1, -0.05) is 234 Å². The van der Waals surface area contributed by atoms with Crippen LogP contribution < -0.4 is 20.0 Å². The van der Waals surface area contributed by atoms with Crippen LogP contribution in [0.25, 0.3) is 86.4 Å². The van der Waals surface area contributed by atoms with Crippen molar-refractivity contribution in [3.8, 4) is 0 Å². The molecule has 1 N–H and O–H groups in total. The van der Waals surface area contributed by atoms with Gasteiger partial charge in [0, 0.05) is 77.9 Å². The van der Waals surface area contributed by atoms with Crippen molar-refractivity contribution in [2.75, 3.05) is 20.0 Å². The first-order chi connectivity index (χ1) is 46.1. The lowest BCUT2D eigenvalue weighted by atomic mass is 9.92. The highest BCUT2D eigenvalue weighted by molar-refractivity contribution is 9.10. The lowest BCUT2D eigenvalue weighted by Gasteiger charge is -2.28. The molecule has 440 valence electrons. The van der Waals surface area contributed by atoms with Crippen molar-refractivity contribution < 1.29 is 0 Å². The molecule has 0 aliphatic rings. The molecule has 0 saturated carbocycles. The average molecular weight is 1260 g/mol. The molecule has 18 aromatic rings. The normalized spacial score (nSPS) is 11.3. The number of anilines is 11. The fraction of sp³-hybridized carbons (Fsp3) is 0. The molecule has 0 aliphatic heterocycles. The molecule has 2 aromatic heterocycles. The molecular formula is C84H57BrN8. The first-order valence-corrected chi connectivity index (χ1v) is 31.8. The van der Waals surface area contributed by atoms with Gasteiger partial charge in [0.15, 0.2) is 0 Å². The molecule has 0 bridgehead atoms. The molecule has 2 heterocycles. The van der Waals surface area contributed by atoms with E-state index in [-0.39, 0.29) is 0 Å². The van der Waals surface area contributed by atoms with Gasteiger partial charge in [0.05, 0.1) is 28.1 Å². The Morgan fingerprint density at radius 2 is 0.538 bits per heavy atom. The highest BCUT2D eigenvalue weighted by atomic mass is 79.9. The van der Waals surface area contributed by atoms with Crippen molar-refractivity contribution in [1.29, 1.82) is 0 Å². The lowest BCUT2D eigenvalue weighted by molar-refractivity contribution is 1.11. The van der Waals surface area contributed by atoms with Crippen LogP contribution in [0.5, 0.6) is 0 Å². The molecule has 16 aromatic carbocycles. The van der Waals surface area contributed by atoms with Gasteiger partial charge in [-0.15, -0.1) is 0 Å². The van der Waals surface area contributed by atoms with Crippen molar-refractivity contribution >= 4 is 165 Å². The van der Waals surface area contributed by atoms with E-state index in [4.69, 9.17) is 19.9 Å². The molecule has 0 unspecified atom stereocenters. The van der Waals surface area contributed by atoms with E-state index in [1.165, 1.54) is 59.2 Å². The number of para-hydroxylation sites is 8. The summed E-state index contributed by atoms with van der Waals surface area (Å²) in [7, 11) is 0. The molecule has 93 heavy (non-hydrogen) atoms. The third kappa shape index (κ3) is 10.8. The van der Waals surface area contributed by atoms with Crippen molar-refractivity contribution in [2.45, 2.75) is 0 Å². The zero-order valence-corrected chi connectivity index (χ0v) is 51.9. The van der Waals surface area contributed by atoms with Crippen LogP contribution in [-0.4, -0.2) is 19.9 Å². The number of nitrogens with zero attached hydrogens (tertiary/aromatic N) is 7. The second-order valence-electron chi connectivity index (χ2n) is 22.8. The second kappa shape index (κ2) is 24.7. The van der Waals surface area contributed by atoms with Crippen LogP contribution in [0.4, 0.5) is 63.1 Å². The highest BCUT2D eigenvalue weighted by Crippen LogP contribution is 2.48. The van der Waals surface area contributed by atoms with Crippen LogP contribution in [0.15, 0.2) is 344 Å². The summed E-state index contributed by atoms with van der Waals surface area (Å²) in [5.41, 5.74) is 11.6. The molecule has 0 atom stereocenters. The van der Waals surface area contributed by atoms with Crippen molar-refractivity contribution in [2.24, 2.45) is 0 Å². The number of hydrogen-bond acceptors (Lipinski definition) is 8. The summed E-state index contributed by atoms with van der Waals surface area (Å²) in [4.78, 5) is 26.4. The molecule has 0 fully saturated rings. The number of hydrogen-bond donors (Lipinski definition) is 1. The van der Waals surface area contributed by atoms with E-state index in [0.29, 0.717) is 11.9 Å². The van der Waals surface area contributed by atoms with Gasteiger partial charge in [-0.2, -0.15) is 0 Å². The Kier molecular flexibility index (Phi) is 15.0. The number of aromatic nitrogens is 4. The third-order valence-corrected chi connectivity index (χ3v) is 17.9. The van der Waals surface area contributed by atoms with Crippen LogP contribution >= 0.6 is 15.9 Å². The molecule has 0 saturated heterocycles. The summed E-state index contributed by atoms with van der Waals surface area (Å²) in [6.07, 6.45) is 3.82. The Balaban J connectivity index is 0.000000127. The maximum Gasteiger partial charge on any atom is 0.235 e. The van der Waals surface area contributed by atoms with Gasteiger partial charge in [-0.25, -0.2) is 19.9 Å². The third-order valence-electron chi connectivity index (χ3n) is 17.2. The number of halogens is 1. The molecule has 0 radical (unpaired) electrons. The Bertz CT molecular complexity index is 5550. The summed E-state index contributed by atoms with van der Waals surface area (Å²) in [6.45, 7) is 0. The van der Waals surface area contributed by atoms with Crippen LogP contribution in [0, 0.1) is 0 Å². The summed E-state index contributed by atoms with van der Waals surface area (Å²) in [6, 6.07) is 114. The summed E-state index contributed by atoms with van der Waals surface area (Å²) in [5.74, 6) is 1.29. The van der Waals surface area contributed by atoms with Crippen LogP contribution in [-0.2, 0) is 0 Å². The fourth-order valence-corrected chi connectivity index (χ4v) is 13.4. The SMILES string of the molecule is Brc1ccc2ccc3c(N(c4ccccc4)c4ncc5ccccc5n4)ccc4ccc1c2c43.c1ccc(N(c2ccccc2)c2ccc3ccc4c(N(c5ccccc5)c5ncc6ccccc6n5)ccc5ccc2c3c54)cc1.c1ccc(Nc2ccccc2)cc1. The smallest absolute Gasteiger partial charge is 0.235 e. The van der Waals surface area contributed by atoms with E-state index in [9.17, 15) is 0 Å². The molecule has 0 aliphatic carbocycles. The summed E-state index contributed by atoms with van der Waals surface area (Å²) in [5, 5.41) is 20.0. The molecule has 18 rings (SSSR count). The fourth-order valence-electron chi connectivity index (χ4n) is 12.9. The monoisotopic (exact) mass is 1260 g/mol. The predicted octanol–water partition coefficient (Wildman–Crippen LogP) is 23.7. The highest BCUT2D eigenvalue weighted by Gasteiger charge is 2.24. The minimum atomic E-state index is 0.639. The molecule has 0 spiro atoms. The minimum Gasteiger partial charge on any atom is -0.356 e. The van der Waals surface area contributed by atoms with E-state index in [2.05, 4.69) is 242 Å². The van der Waals surface area contributed by atoms with E-state index in [0.717, 1.165) is 82.9 Å². The Hall–Kier alpha value is -12.0. The lowest BCUT2D eigenvalue weighted by Crippen LogP contribution is -2.14. The molecule has 8 nitrogen and oxygen atoms in total. The maximum atomic E-state index is 5.05. The van der Waals surface area contributed by atoms with Crippen molar-refractivity contribution in [1.82, 2.24) is 19.9 Å². The Labute approximate surface area is 546 Å². The van der Waals surface area contributed by atoms with Crippen LogP contribution in [0.2, 0.25) is 0 Å². The van der Waals surface area contributed by atoms with Crippen LogP contribution in [0.1, 0.15) is 0 Å². The standard InChI is InChI=1S/C42H28N4.C30H18BrN3.C12H11N/c1-4-13-32(14-5-1)45(33-15-6-2-7-16-33)38-26-22-29-21-25-36-39(27-23-30-20-24-35(38)40(29)41(30)36)46(34-17-8-3-9-18-34)42-43-28-31-12-10-11-19-37(31)44-42;31-25-16-12-19-11-15-24-27(17-13-20-10-14-23(25)28(19)29(20)24)34(22-7-2-1-3-8-22)30-32-18-21-6-4-5-9-26(21)33-30;1-3-7-11(8-4-1)13-12-9-5-2-6-10-12/h1-28H;1-18H;1-10,13H. The number of rotatable bonds is 11. The van der Waals surface area contributed by atoms with Crippen LogP contribution in [0.3, 0.4) is 0 Å². The Morgan fingerprint density at radius 3 is 0.925 bits per heavy atom. The van der Waals surface area contributed by atoms with Crippen molar-refractivity contribution in [3.05, 3.63) is 344 Å². The van der Waals surface area contributed by atoms with E-state index in [1.54, 1.807) is 0 Å². The number of nitrogens with one attached hydrogen (secondary N) is 1. The quantitative estimate of drug-likeness (QED) is 0.128. The van der Waals surface area contributed by atoms with Gasteiger partial charge in [-0.05, 0) is 158 Å². The molecular weight excluding hydrogens is 1200 g/mol. The number of benzene rings is 16. The number of fused-ring (bicyclic) bond motifs is 2. The minimum absolute atomic E-state index is 0.639. The Morgan fingerprint density at radius 1 is 0.247 bits per heavy atom. The van der Waals surface area contributed by atoms with Gasteiger partial charge < -0.3 is 10.2 Å². The topological polar surface area (TPSA) is 73.3 Å². The van der Waals surface area contributed by atoms with Gasteiger partial charge in [0.1, 0.15) is 0 Å². The summed E-state index contributed by atoms with van der Waals surface area (Å²) >= 11 is 3.75. The van der Waals surface area contributed by atoms with E-state index in [1.807, 2.05) is 134 Å². The van der Waals surface area contributed by atoms with Gasteiger partial charge >= 0.3 is 0 Å². The predicted molar refractivity (Wildman–Crippen MR) is 394 cm³/mol. The maximum absolute atomic E-state index is 5.05. The molecule has 9 heteroatoms. The molecule has 0 amide bonds. The van der Waals surface area contributed by atoms with Gasteiger partial charge in [0.2, 0.25) is 11.9 Å². The zero-order valence-electron chi connectivity index (χ0n) is 50.3. The van der Waals surface area contributed by atoms with Crippen molar-refractivity contribution in [3.63, 3.8) is 0 Å². The second-order valence-corrected chi connectivity index (χ2v) is 23.7. The first kappa shape index (κ1) is 56.2. The van der Waals surface area contributed by atoms with E-state index >= 15 is 0 Å². The first-order valence-electron chi connectivity index (χ1n) is 31.0. The summed E-state index contributed by atoms with van der Waals surface area (Å²) < 4.78 is 1.11. The van der Waals surface area contributed by atoms with Gasteiger partial charge in [-0.3, -0.25) is 9.80 Å². The van der Waals surface area contributed by atoms with E-state index < -0.39 is 0 Å².